The van der Waals surface area contributed by atoms with Gasteiger partial charge in [0.05, 0.1) is 5.69 Å². The molecule has 0 spiro atoms. The quantitative estimate of drug-likeness (QED) is 0.705. The van der Waals surface area contributed by atoms with E-state index in [0.29, 0.717) is 0 Å². The minimum absolute atomic E-state index is 0.976. The topological polar surface area (TPSA) is 17.8 Å². The third kappa shape index (κ3) is 1.55. The van der Waals surface area contributed by atoms with Crippen LogP contribution in [0.4, 0.5) is 0 Å². The summed E-state index contributed by atoms with van der Waals surface area (Å²) >= 11 is 0. The zero-order chi connectivity index (χ0) is 9.97. The van der Waals surface area contributed by atoms with Crippen molar-refractivity contribution in [3.63, 3.8) is 0 Å². The van der Waals surface area contributed by atoms with E-state index in [1.165, 1.54) is 5.56 Å². The fourth-order valence-corrected chi connectivity index (χ4v) is 1.58. The van der Waals surface area contributed by atoms with Crippen LogP contribution in [-0.2, 0) is 13.5 Å². The van der Waals surface area contributed by atoms with Gasteiger partial charge in [-0.3, -0.25) is 0 Å². The van der Waals surface area contributed by atoms with Crippen molar-refractivity contribution in [2.45, 2.75) is 13.3 Å². The molecular formula is C12H14N2. The van der Waals surface area contributed by atoms with Crippen LogP contribution in [-0.4, -0.2) is 9.55 Å². The molecule has 0 saturated carbocycles. The van der Waals surface area contributed by atoms with Gasteiger partial charge in [0, 0.05) is 25.2 Å². The molecule has 0 atom stereocenters. The van der Waals surface area contributed by atoms with Gasteiger partial charge in [0.2, 0.25) is 0 Å². The number of rotatable bonds is 2. The van der Waals surface area contributed by atoms with Crippen LogP contribution < -0.4 is 0 Å². The van der Waals surface area contributed by atoms with Crippen molar-refractivity contribution in [3.05, 3.63) is 42.4 Å². The van der Waals surface area contributed by atoms with E-state index in [1.807, 2.05) is 25.2 Å². The molecule has 0 aliphatic rings. The molecule has 2 heteroatoms. The Bertz CT molecular complexity index is 415. The monoisotopic (exact) mass is 186 g/mol. The predicted octanol–water partition coefficient (Wildman–Crippen LogP) is 2.65. The second kappa shape index (κ2) is 3.66. The first-order chi connectivity index (χ1) is 6.81. The van der Waals surface area contributed by atoms with Gasteiger partial charge in [-0.25, -0.2) is 4.98 Å². The summed E-state index contributed by atoms with van der Waals surface area (Å²) in [5, 5.41) is 0. The number of benzene rings is 1. The van der Waals surface area contributed by atoms with E-state index in [4.69, 9.17) is 0 Å². The molecular weight excluding hydrogens is 172 g/mol. The summed E-state index contributed by atoms with van der Waals surface area (Å²) in [5.41, 5.74) is 2.24. The molecule has 0 unspecified atom stereocenters. The maximum Gasteiger partial charge on any atom is 0.108 e. The molecule has 1 aromatic carbocycles. The summed E-state index contributed by atoms with van der Waals surface area (Å²) in [6.07, 6.45) is 3.05. The highest BCUT2D eigenvalue weighted by atomic mass is 15.0. The van der Waals surface area contributed by atoms with Crippen LogP contribution >= 0.6 is 0 Å². The second-order valence-electron chi connectivity index (χ2n) is 3.37. The van der Waals surface area contributed by atoms with Crippen LogP contribution in [0.2, 0.25) is 0 Å². The number of hydrogen-bond donors (Lipinski definition) is 0. The second-order valence-corrected chi connectivity index (χ2v) is 3.37. The van der Waals surface area contributed by atoms with Gasteiger partial charge in [-0.2, -0.15) is 0 Å². The lowest BCUT2D eigenvalue weighted by molar-refractivity contribution is 0.808. The van der Waals surface area contributed by atoms with E-state index in [2.05, 4.69) is 34.8 Å². The summed E-state index contributed by atoms with van der Waals surface area (Å²) in [6.45, 7) is 2.12. The van der Waals surface area contributed by atoms with Crippen LogP contribution in [0.1, 0.15) is 12.7 Å². The molecule has 2 nitrogen and oxygen atoms in total. The summed E-state index contributed by atoms with van der Waals surface area (Å²) < 4.78 is 2.09. The Morgan fingerprint density at radius 1 is 1.21 bits per heavy atom. The van der Waals surface area contributed by atoms with E-state index in [0.717, 1.165) is 17.9 Å². The van der Waals surface area contributed by atoms with Crippen LogP contribution in [0.3, 0.4) is 0 Å². The standard InChI is InChI=1S/C12H14N2/c1-3-12-13-11(9-14(12)2)10-7-5-4-6-8-10/h4-9H,3H2,1-2H3. The summed E-state index contributed by atoms with van der Waals surface area (Å²) in [7, 11) is 2.04. The van der Waals surface area contributed by atoms with Gasteiger partial charge in [0.25, 0.3) is 0 Å². The average Bonchev–Trinajstić information content (AvgIpc) is 2.61. The van der Waals surface area contributed by atoms with E-state index >= 15 is 0 Å². The number of aromatic nitrogens is 2. The highest BCUT2D eigenvalue weighted by Crippen LogP contribution is 2.17. The summed E-state index contributed by atoms with van der Waals surface area (Å²) in [4.78, 5) is 4.56. The van der Waals surface area contributed by atoms with Gasteiger partial charge in [-0.1, -0.05) is 37.3 Å². The molecule has 0 saturated heterocycles. The Morgan fingerprint density at radius 2 is 1.93 bits per heavy atom. The van der Waals surface area contributed by atoms with E-state index in [1.54, 1.807) is 0 Å². The lowest BCUT2D eigenvalue weighted by atomic mass is 10.2. The number of imidazole rings is 1. The molecule has 1 heterocycles. The first kappa shape index (κ1) is 9.00. The Kier molecular flexibility index (Phi) is 2.35. The van der Waals surface area contributed by atoms with Crippen molar-refractivity contribution in [3.8, 4) is 11.3 Å². The maximum atomic E-state index is 4.56. The molecule has 0 bridgehead atoms. The van der Waals surface area contributed by atoms with Crippen LogP contribution in [0.25, 0.3) is 11.3 Å². The van der Waals surface area contributed by atoms with E-state index in [-0.39, 0.29) is 0 Å². The lowest BCUT2D eigenvalue weighted by Gasteiger charge is -1.93. The van der Waals surface area contributed by atoms with Gasteiger partial charge in [-0.15, -0.1) is 0 Å². The number of hydrogen-bond acceptors (Lipinski definition) is 1. The smallest absolute Gasteiger partial charge is 0.108 e. The molecule has 0 radical (unpaired) electrons. The Hall–Kier alpha value is -1.57. The Morgan fingerprint density at radius 3 is 2.50 bits per heavy atom. The minimum Gasteiger partial charge on any atom is -0.337 e. The molecule has 72 valence electrons. The molecule has 0 aliphatic carbocycles. The third-order valence-electron chi connectivity index (χ3n) is 2.36. The lowest BCUT2D eigenvalue weighted by Crippen LogP contribution is -1.93. The van der Waals surface area contributed by atoms with Crippen molar-refractivity contribution in [1.29, 1.82) is 0 Å². The molecule has 0 amide bonds. The highest BCUT2D eigenvalue weighted by molar-refractivity contribution is 5.58. The third-order valence-corrected chi connectivity index (χ3v) is 2.36. The number of aryl methyl sites for hydroxylation is 2. The van der Waals surface area contributed by atoms with Gasteiger partial charge in [0.1, 0.15) is 5.82 Å². The first-order valence-corrected chi connectivity index (χ1v) is 4.89. The van der Waals surface area contributed by atoms with Gasteiger partial charge >= 0.3 is 0 Å². The molecule has 2 aromatic rings. The first-order valence-electron chi connectivity index (χ1n) is 4.89. The van der Waals surface area contributed by atoms with Gasteiger partial charge < -0.3 is 4.57 Å². The van der Waals surface area contributed by atoms with Crippen LogP contribution in [0.5, 0.6) is 0 Å². The minimum atomic E-state index is 0.976. The maximum absolute atomic E-state index is 4.56. The molecule has 0 fully saturated rings. The van der Waals surface area contributed by atoms with Crippen molar-refractivity contribution in [2.75, 3.05) is 0 Å². The summed E-state index contributed by atoms with van der Waals surface area (Å²) in [6, 6.07) is 10.3. The van der Waals surface area contributed by atoms with Crippen LogP contribution in [0, 0.1) is 0 Å². The fraction of sp³-hybridized carbons (Fsp3) is 0.250. The van der Waals surface area contributed by atoms with Gasteiger partial charge in [0.15, 0.2) is 0 Å². The Balaban J connectivity index is 2.43. The molecule has 14 heavy (non-hydrogen) atoms. The van der Waals surface area contributed by atoms with Crippen molar-refractivity contribution in [2.24, 2.45) is 7.05 Å². The van der Waals surface area contributed by atoms with Crippen molar-refractivity contribution in [1.82, 2.24) is 9.55 Å². The normalized spacial score (nSPS) is 10.4. The molecule has 0 N–H and O–H groups in total. The van der Waals surface area contributed by atoms with Crippen molar-refractivity contribution >= 4 is 0 Å². The predicted molar refractivity (Wildman–Crippen MR) is 58.0 cm³/mol. The Labute approximate surface area is 84.2 Å². The fourth-order valence-electron chi connectivity index (χ4n) is 1.58. The largest absolute Gasteiger partial charge is 0.337 e. The molecule has 2 rings (SSSR count). The molecule has 1 aromatic heterocycles. The van der Waals surface area contributed by atoms with Gasteiger partial charge in [-0.05, 0) is 0 Å². The zero-order valence-corrected chi connectivity index (χ0v) is 8.57. The highest BCUT2D eigenvalue weighted by Gasteiger charge is 2.04. The summed E-state index contributed by atoms with van der Waals surface area (Å²) in [5.74, 6) is 1.13. The zero-order valence-electron chi connectivity index (χ0n) is 8.57. The van der Waals surface area contributed by atoms with Crippen molar-refractivity contribution < 1.29 is 0 Å². The number of nitrogens with zero attached hydrogens (tertiary/aromatic N) is 2. The average molecular weight is 186 g/mol. The SMILES string of the molecule is CCc1nc(-c2ccccc2)cn1C. The van der Waals surface area contributed by atoms with E-state index < -0.39 is 0 Å². The van der Waals surface area contributed by atoms with Crippen LogP contribution in [0.15, 0.2) is 36.5 Å². The van der Waals surface area contributed by atoms with E-state index in [9.17, 15) is 0 Å². The molecule has 0 aliphatic heterocycles.